The van der Waals surface area contributed by atoms with Crippen LogP contribution >= 0.6 is 27.5 Å². The van der Waals surface area contributed by atoms with Crippen molar-refractivity contribution in [3.8, 4) is 0 Å². The average Bonchev–Trinajstić information content (AvgIpc) is 3.26. The summed E-state index contributed by atoms with van der Waals surface area (Å²) in [5, 5.41) is 6.77. The standard InChI is InChI=1S/C23H27BrN6OS/c1-17-2-4-18(5-3-17)16-21-27-23(32-28-21)30-14-12-29(13-15-30)11-10-25-22(31)26-20-8-6-19(24)7-9-20/h2-9H,10-16H2,1H3,(H2,25,26,31). The molecule has 2 amide bonds. The fourth-order valence-electron chi connectivity index (χ4n) is 3.53. The van der Waals surface area contributed by atoms with Gasteiger partial charge in [-0.15, -0.1) is 0 Å². The number of aryl methyl sites for hydroxylation is 1. The molecule has 0 radical (unpaired) electrons. The first-order chi connectivity index (χ1) is 15.5. The predicted octanol–water partition coefficient (Wildman–Crippen LogP) is 4.14. The maximum absolute atomic E-state index is 12.1. The summed E-state index contributed by atoms with van der Waals surface area (Å²) < 4.78 is 5.54. The second-order valence-electron chi connectivity index (χ2n) is 7.87. The number of carbonyl (C=O) groups is 1. The summed E-state index contributed by atoms with van der Waals surface area (Å²) >= 11 is 4.87. The summed E-state index contributed by atoms with van der Waals surface area (Å²) in [7, 11) is 0. The summed E-state index contributed by atoms with van der Waals surface area (Å²) in [6.45, 7) is 7.27. The van der Waals surface area contributed by atoms with Crippen molar-refractivity contribution in [2.45, 2.75) is 13.3 Å². The topological polar surface area (TPSA) is 73.4 Å². The Balaban J connectivity index is 1.17. The van der Waals surface area contributed by atoms with E-state index >= 15 is 0 Å². The summed E-state index contributed by atoms with van der Waals surface area (Å²) in [6, 6.07) is 15.9. The first kappa shape index (κ1) is 22.7. The molecule has 3 aromatic rings. The number of amides is 2. The van der Waals surface area contributed by atoms with Gasteiger partial charge >= 0.3 is 6.03 Å². The van der Waals surface area contributed by atoms with Gasteiger partial charge in [-0.2, -0.15) is 4.37 Å². The molecule has 2 N–H and O–H groups in total. The number of carbonyl (C=O) groups excluding carboxylic acids is 1. The molecule has 1 aromatic heterocycles. The lowest BCUT2D eigenvalue weighted by Crippen LogP contribution is -2.48. The zero-order valence-electron chi connectivity index (χ0n) is 18.1. The molecule has 1 fully saturated rings. The van der Waals surface area contributed by atoms with Crippen molar-refractivity contribution < 1.29 is 4.79 Å². The number of rotatable bonds is 7. The van der Waals surface area contributed by atoms with Gasteiger partial charge in [0, 0.05) is 67.4 Å². The SMILES string of the molecule is Cc1ccc(Cc2nsc(N3CCN(CCNC(=O)Nc4ccc(Br)cc4)CC3)n2)cc1. The minimum Gasteiger partial charge on any atom is -0.344 e. The second-order valence-corrected chi connectivity index (χ2v) is 9.52. The van der Waals surface area contributed by atoms with E-state index in [9.17, 15) is 4.79 Å². The predicted molar refractivity (Wildman–Crippen MR) is 134 cm³/mol. The van der Waals surface area contributed by atoms with E-state index < -0.39 is 0 Å². The molecule has 1 aliphatic heterocycles. The van der Waals surface area contributed by atoms with Crippen LogP contribution in [0.15, 0.2) is 53.0 Å². The molecule has 2 aromatic carbocycles. The Bertz CT molecular complexity index is 1020. The molecule has 0 spiro atoms. The molecule has 168 valence electrons. The van der Waals surface area contributed by atoms with Crippen LogP contribution in [0.5, 0.6) is 0 Å². The van der Waals surface area contributed by atoms with Crippen molar-refractivity contribution in [1.82, 2.24) is 19.6 Å². The number of nitrogens with one attached hydrogen (secondary N) is 2. The van der Waals surface area contributed by atoms with Gasteiger partial charge in [-0.1, -0.05) is 45.8 Å². The van der Waals surface area contributed by atoms with Crippen LogP contribution in [0.25, 0.3) is 0 Å². The third kappa shape index (κ3) is 6.51. The van der Waals surface area contributed by atoms with Crippen LogP contribution in [0.3, 0.4) is 0 Å². The molecule has 0 atom stereocenters. The van der Waals surface area contributed by atoms with Crippen molar-refractivity contribution >= 4 is 44.3 Å². The van der Waals surface area contributed by atoms with Gasteiger partial charge in [0.05, 0.1) is 0 Å². The van der Waals surface area contributed by atoms with Crippen molar-refractivity contribution in [2.75, 3.05) is 49.5 Å². The van der Waals surface area contributed by atoms with Gasteiger partial charge in [0.1, 0.15) is 5.82 Å². The van der Waals surface area contributed by atoms with Crippen molar-refractivity contribution in [1.29, 1.82) is 0 Å². The number of hydrogen-bond donors (Lipinski definition) is 2. The molecule has 0 bridgehead atoms. The van der Waals surface area contributed by atoms with Gasteiger partial charge in [0.15, 0.2) is 0 Å². The zero-order chi connectivity index (χ0) is 22.3. The molecular weight excluding hydrogens is 488 g/mol. The van der Waals surface area contributed by atoms with Crippen molar-refractivity contribution in [3.63, 3.8) is 0 Å². The minimum atomic E-state index is -0.180. The Hall–Kier alpha value is -2.49. The number of piperazine rings is 1. The monoisotopic (exact) mass is 514 g/mol. The molecule has 1 aliphatic rings. The van der Waals surface area contributed by atoms with Crippen LogP contribution in [-0.4, -0.2) is 59.6 Å². The summed E-state index contributed by atoms with van der Waals surface area (Å²) in [5.74, 6) is 0.886. The Morgan fingerprint density at radius 2 is 1.78 bits per heavy atom. The Morgan fingerprint density at radius 3 is 2.50 bits per heavy atom. The maximum Gasteiger partial charge on any atom is 0.319 e. The molecule has 0 saturated carbocycles. The van der Waals surface area contributed by atoms with Crippen molar-refractivity contribution in [3.05, 3.63) is 70.0 Å². The lowest BCUT2D eigenvalue weighted by Gasteiger charge is -2.34. The van der Waals surface area contributed by atoms with Crippen molar-refractivity contribution in [2.24, 2.45) is 0 Å². The first-order valence-electron chi connectivity index (χ1n) is 10.7. The number of urea groups is 1. The van der Waals surface area contributed by atoms with Crippen LogP contribution in [0.2, 0.25) is 0 Å². The van der Waals surface area contributed by atoms with Gasteiger partial charge in [-0.05, 0) is 36.8 Å². The zero-order valence-corrected chi connectivity index (χ0v) is 20.5. The third-order valence-corrected chi connectivity index (χ3v) is 6.74. The number of benzene rings is 2. The van der Waals surface area contributed by atoms with E-state index in [-0.39, 0.29) is 6.03 Å². The number of aromatic nitrogens is 2. The smallest absolute Gasteiger partial charge is 0.319 e. The molecular formula is C23H27BrN6OS. The Morgan fingerprint density at radius 1 is 1.06 bits per heavy atom. The van der Waals surface area contributed by atoms with Gasteiger partial charge in [-0.25, -0.2) is 9.78 Å². The van der Waals surface area contributed by atoms with E-state index in [0.29, 0.717) is 6.54 Å². The Labute approximate surface area is 201 Å². The highest BCUT2D eigenvalue weighted by Crippen LogP contribution is 2.20. The largest absolute Gasteiger partial charge is 0.344 e. The maximum atomic E-state index is 12.1. The van der Waals surface area contributed by atoms with Gasteiger partial charge in [0.2, 0.25) is 5.13 Å². The summed E-state index contributed by atoms with van der Waals surface area (Å²) in [4.78, 5) is 21.5. The number of anilines is 2. The highest BCUT2D eigenvalue weighted by molar-refractivity contribution is 9.10. The van der Waals surface area contributed by atoms with E-state index in [0.717, 1.165) is 60.3 Å². The third-order valence-electron chi connectivity index (χ3n) is 5.40. The van der Waals surface area contributed by atoms with E-state index in [4.69, 9.17) is 4.98 Å². The molecule has 1 saturated heterocycles. The minimum absolute atomic E-state index is 0.180. The van der Waals surface area contributed by atoms with Gasteiger partial charge in [-0.3, -0.25) is 4.90 Å². The number of hydrogen-bond acceptors (Lipinski definition) is 6. The van der Waals surface area contributed by atoms with E-state index in [2.05, 4.69) is 71.9 Å². The van der Waals surface area contributed by atoms with Gasteiger partial charge < -0.3 is 15.5 Å². The average molecular weight is 515 g/mol. The van der Waals surface area contributed by atoms with E-state index in [1.54, 1.807) is 0 Å². The molecule has 9 heteroatoms. The molecule has 0 aliphatic carbocycles. The number of nitrogens with zero attached hydrogens (tertiary/aromatic N) is 4. The lowest BCUT2D eigenvalue weighted by molar-refractivity contribution is 0.240. The Kier molecular flexibility index (Phi) is 7.72. The van der Waals surface area contributed by atoms with E-state index in [1.165, 1.54) is 22.7 Å². The molecule has 2 heterocycles. The van der Waals surface area contributed by atoms with Crippen LogP contribution in [0.4, 0.5) is 15.6 Å². The van der Waals surface area contributed by atoms with Crippen LogP contribution in [-0.2, 0) is 6.42 Å². The normalized spacial score (nSPS) is 14.4. The van der Waals surface area contributed by atoms with Crippen LogP contribution in [0, 0.1) is 6.92 Å². The van der Waals surface area contributed by atoms with E-state index in [1.807, 2.05) is 24.3 Å². The molecule has 32 heavy (non-hydrogen) atoms. The fraction of sp³-hybridized carbons (Fsp3) is 0.348. The quantitative estimate of drug-likeness (QED) is 0.495. The highest BCUT2D eigenvalue weighted by Gasteiger charge is 2.20. The van der Waals surface area contributed by atoms with Crippen LogP contribution in [0.1, 0.15) is 17.0 Å². The molecule has 0 unspecified atom stereocenters. The number of halogens is 1. The van der Waals surface area contributed by atoms with Crippen LogP contribution < -0.4 is 15.5 Å². The molecule has 7 nitrogen and oxygen atoms in total. The fourth-order valence-corrected chi connectivity index (χ4v) is 4.53. The highest BCUT2D eigenvalue weighted by atomic mass is 79.9. The van der Waals surface area contributed by atoms with Gasteiger partial charge in [0.25, 0.3) is 0 Å². The lowest BCUT2D eigenvalue weighted by atomic mass is 10.1. The summed E-state index contributed by atoms with van der Waals surface area (Å²) in [5.41, 5.74) is 3.28. The first-order valence-corrected chi connectivity index (χ1v) is 12.3. The summed E-state index contributed by atoms with van der Waals surface area (Å²) in [6.07, 6.45) is 0.769. The second kappa shape index (κ2) is 10.9. The molecule has 4 rings (SSSR count).